The predicted molar refractivity (Wildman–Crippen MR) is 68.8 cm³/mol. The molecule has 0 aliphatic carbocycles. The third-order valence-corrected chi connectivity index (χ3v) is 3.16. The molecule has 1 fully saturated rings. The van der Waals surface area contributed by atoms with Crippen LogP contribution in [0.5, 0.6) is 0 Å². The highest BCUT2D eigenvalue weighted by Crippen LogP contribution is 2.05. The first-order valence-corrected chi connectivity index (χ1v) is 6.41. The average Bonchev–Trinajstić information content (AvgIpc) is 2.89. The lowest BCUT2D eigenvalue weighted by Gasteiger charge is -2.10. The van der Waals surface area contributed by atoms with Crippen LogP contribution in [-0.4, -0.2) is 25.0 Å². The predicted octanol–water partition coefficient (Wildman–Crippen LogP) is 1.49. The Morgan fingerprint density at radius 2 is 2.18 bits per heavy atom. The maximum Gasteiger partial charge on any atom is 0.237 e. The minimum absolute atomic E-state index is 0.0479. The van der Waals surface area contributed by atoms with Crippen molar-refractivity contribution in [1.29, 1.82) is 0 Å². The second-order valence-corrected chi connectivity index (χ2v) is 4.53. The largest absolute Gasteiger partial charge is 0.355 e. The summed E-state index contributed by atoms with van der Waals surface area (Å²) in [5.74, 6) is 0.163. The van der Waals surface area contributed by atoms with E-state index in [1.54, 1.807) is 0 Å². The molecule has 1 atom stereocenters. The Labute approximate surface area is 103 Å². The molecule has 0 aromatic heterocycles. The maximum atomic E-state index is 11.7. The van der Waals surface area contributed by atoms with E-state index in [9.17, 15) is 4.79 Å². The number of hydrogen-bond donors (Lipinski definition) is 2. The normalized spacial score (nSPS) is 19.2. The number of benzene rings is 1. The Kier molecular flexibility index (Phi) is 4.56. The van der Waals surface area contributed by atoms with Crippen molar-refractivity contribution in [1.82, 2.24) is 10.6 Å². The van der Waals surface area contributed by atoms with Crippen molar-refractivity contribution in [3.8, 4) is 0 Å². The van der Waals surface area contributed by atoms with Crippen molar-refractivity contribution in [2.45, 2.75) is 31.7 Å². The number of nitrogens with one attached hydrogen (secondary N) is 2. The van der Waals surface area contributed by atoms with Gasteiger partial charge in [0.1, 0.15) is 0 Å². The van der Waals surface area contributed by atoms with Crippen LogP contribution in [-0.2, 0) is 11.2 Å². The van der Waals surface area contributed by atoms with Gasteiger partial charge >= 0.3 is 0 Å². The number of hydrogen-bond acceptors (Lipinski definition) is 2. The number of carbonyl (C=O) groups excluding carboxylic acids is 1. The summed E-state index contributed by atoms with van der Waals surface area (Å²) < 4.78 is 0. The minimum Gasteiger partial charge on any atom is -0.355 e. The lowest BCUT2D eigenvalue weighted by Crippen LogP contribution is -2.40. The molecule has 0 unspecified atom stereocenters. The van der Waals surface area contributed by atoms with Gasteiger partial charge in [0.25, 0.3) is 0 Å². The lowest BCUT2D eigenvalue weighted by atomic mass is 10.1. The zero-order valence-electron chi connectivity index (χ0n) is 10.1. The maximum absolute atomic E-state index is 11.7. The van der Waals surface area contributed by atoms with Crippen molar-refractivity contribution in [2.24, 2.45) is 0 Å². The highest BCUT2D eigenvalue weighted by molar-refractivity contribution is 5.81. The third-order valence-electron chi connectivity index (χ3n) is 3.16. The number of amides is 1. The van der Waals surface area contributed by atoms with Crippen LogP contribution < -0.4 is 10.6 Å². The van der Waals surface area contributed by atoms with Crippen LogP contribution in [0.3, 0.4) is 0 Å². The highest BCUT2D eigenvalue weighted by atomic mass is 16.2. The Morgan fingerprint density at radius 1 is 1.35 bits per heavy atom. The second-order valence-electron chi connectivity index (χ2n) is 4.53. The fourth-order valence-corrected chi connectivity index (χ4v) is 2.18. The van der Waals surface area contributed by atoms with E-state index in [4.69, 9.17) is 0 Å². The van der Waals surface area contributed by atoms with E-state index >= 15 is 0 Å². The molecule has 0 radical (unpaired) electrons. The number of carbonyl (C=O) groups is 1. The molecule has 1 amide bonds. The van der Waals surface area contributed by atoms with Gasteiger partial charge in [-0.25, -0.2) is 0 Å². The van der Waals surface area contributed by atoms with Crippen molar-refractivity contribution in [3.05, 3.63) is 35.9 Å². The summed E-state index contributed by atoms with van der Waals surface area (Å²) in [5, 5.41) is 6.20. The molecule has 3 heteroatoms. The molecule has 1 aromatic carbocycles. The van der Waals surface area contributed by atoms with E-state index in [2.05, 4.69) is 34.9 Å². The smallest absolute Gasteiger partial charge is 0.237 e. The molecular weight excluding hydrogens is 212 g/mol. The first kappa shape index (κ1) is 12.1. The van der Waals surface area contributed by atoms with E-state index in [1.807, 2.05) is 6.07 Å². The highest BCUT2D eigenvalue weighted by Gasteiger charge is 2.20. The molecule has 0 saturated carbocycles. The monoisotopic (exact) mass is 232 g/mol. The standard InChI is InChI=1S/C14H20N2O/c17-14(13-9-5-10-15-13)16-11-4-8-12-6-2-1-3-7-12/h1-3,6-7,13,15H,4-5,8-11H2,(H,16,17)/t13-/m0/s1. The molecule has 1 aliphatic rings. The molecule has 1 aromatic rings. The Hall–Kier alpha value is -1.35. The van der Waals surface area contributed by atoms with Crippen LogP contribution in [0, 0.1) is 0 Å². The first-order chi connectivity index (χ1) is 8.36. The van der Waals surface area contributed by atoms with Crippen molar-refractivity contribution in [2.75, 3.05) is 13.1 Å². The lowest BCUT2D eigenvalue weighted by molar-refractivity contribution is -0.122. The molecule has 2 N–H and O–H groups in total. The van der Waals surface area contributed by atoms with Gasteiger partial charge in [-0.15, -0.1) is 0 Å². The molecule has 17 heavy (non-hydrogen) atoms. The number of aryl methyl sites for hydroxylation is 1. The van der Waals surface area contributed by atoms with Gasteiger partial charge in [-0.3, -0.25) is 4.79 Å². The topological polar surface area (TPSA) is 41.1 Å². The van der Waals surface area contributed by atoms with Crippen molar-refractivity contribution in [3.63, 3.8) is 0 Å². The molecular formula is C14H20N2O. The SMILES string of the molecule is O=C(NCCCc1ccccc1)[C@@H]1CCCN1. The molecule has 1 aliphatic heterocycles. The van der Waals surface area contributed by atoms with Crippen LogP contribution >= 0.6 is 0 Å². The summed E-state index contributed by atoms with van der Waals surface area (Å²) in [6, 6.07) is 10.4. The number of rotatable bonds is 5. The molecule has 2 rings (SSSR count). The molecule has 3 nitrogen and oxygen atoms in total. The summed E-state index contributed by atoms with van der Waals surface area (Å²) in [6.45, 7) is 1.74. The van der Waals surface area contributed by atoms with Gasteiger partial charge < -0.3 is 10.6 Å². The van der Waals surface area contributed by atoms with Crippen LogP contribution in [0.25, 0.3) is 0 Å². The van der Waals surface area contributed by atoms with Crippen LogP contribution in [0.1, 0.15) is 24.8 Å². The average molecular weight is 232 g/mol. The third kappa shape index (κ3) is 3.86. The van der Waals surface area contributed by atoms with E-state index in [1.165, 1.54) is 5.56 Å². The summed E-state index contributed by atoms with van der Waals surface area (Å²) >= 11 is 0. The molecule has 1 heterocycles. The van der Waals surface area contributed by atoms with Gasteiger partial charge in [0.05, 0.1) is 6.04 Å². The molecule has 1 saturated heterocycles. The first-order valence-electron chi connectivity index (χ1n) is 6.41. The van der Waals surface area contributed by atoms with E-state index in [0.29, 0.717) is 0 Å². The van der Waals surface area contributed by atoms with Gasteiger partial charge in [-0.2, -0.15) is 0 Å². The van der Waals surface area contributed by atoms with E-state index < -0.39 is 0 Å². The molecule has 0 spiro atoms. The van der Waals surface area contributed by atoms with Gasteiger partial charge in [0, 0.05) is 6.54 Å². The zero-order chi connectivity index (χ0) is 11.9. The van der Waals surface area contributed by atoms with Gasteiger partial charge in [0.15, 0.2) is 0 Å². The summed E-state index contributed by atoms with van der Waals surface area (Å²) in [6.07, 6.45) is 4.12. The van der Waals surface area contributed by atoms with Crippen LogP contribution in [0.15, 0.2) is 30.3 Å². The van der Waals surface area contributed by atoms with Gasteiger partial charge in [-0.1, -0.05) is 30.3 Å². The zero-order valence-corrected chi connectivity index (χ0v) is 10.1. The quantitative estimate of drug-likeness (QED) is 0.755. The second kappa shape index (κ2) is 6.40. The van der Waals surface area contributed by atoms with Crippen molar-refractivity contribution < 1.29 is 4.79 Å². The Bertz CT molecular complexity index is 344. The molecule has 0 bridgehead atoms. The van der Waals surface area contributed by atoms with Crippen molar-refractivity contribution >= 4 is 5.91 Å². The Balaban J connectivity index is 1.61. The minimum atomic E-state index is 0.0479. The summed E-state index contributed by atoms with van der Waals surface area (Å²) in [5.41, 5.74) is 1.33. The van der Waals surface area contributed by atoms with Gasteiger partial charge in [-0.05, 0) is 37.8 Å². The van der Waals surface area contributed by atoms with E-state index in [0.717, 1.165) is 38.8 Å². The van der Waals surface area contributed by atoms with E-state index in [-0.39, 0.29) is 11.9 Å². The summed E-state index contributed by atoms with van der Waals surface area (Å²) in [4.78, 5) is 11.7. The fraction of sp³-hybridized carbons (Fsp3) is 0.500. The van der Waals surface area contributed by atoms with Gasteiger partial charge in [0.2, 0.25) is 5.91 Å². The fourth-order valence-electron chi connectivity index (χ4n) is 2.18. The van der Waals surface area contributed by atoms with Crippen LogP contribution in [0.4, 0.5) is 0 Å². The van der Waals surface area contributed by atoms with Crippen LogP contribution in [0.2, 0.25) is 0 Å². The summed E-state index contributed by atoms with van der Waals surface area (Å²) in [7, 11) is 0. The molecule has 92 valence electrons. The Morgan fingerprint density at radius 3 is 2.88 bits per heavy atom.